The van der Waals surface area contributed by atoms with E-state index in [1.54, 1.807) is 4.90 Å². The molecule has 0 aliphatic carbocycles. The van der Waals surface area contributed by atoms with E-state index in [4.69, 9.17) is 5.73 Å². The number of hydrogen-bond acceptors (Lipinski definition) is 4. The van der Waals surface area contributed by atoms with Gasteiger partial charge in [-0.25, -0.2) is 0 Å². The molecular formula is C15H21N3O3. The Bertz CT molecular complexity index is 573. The van der Waals surface area contributed by atoms with Crippen LogP contribution in [0.2, 0.25) is 0 Å². The number of rotatable bonds is 2. The number of nitrogens with two attached hydrogens (primary N) is 1. The van der Waals surface area contributed by atoms with E-state index in [0.29, 0.717) is 18.4 Å². The molecule has 0 spiro atoms. The second kappa shape index (κ2) is 5.71. The number of likely N-dealkylation sites (tertiary alicyclic amines) is 1. The summed E-state index contributed by atoms with van der Waals surface area (Å²) in [6.45, 7) is 6.91. The molecule has 2 rings (SSSR count). The van der Waals surface area contributed by atoms with Crippen LogP contribution in [0.25, 0.3) is 0 Å². The first kappa shape index (κ1) is 15.3. The molecule has 0 aromatic heterocycles. The van der Waals surface area contributed by atoms with Crippen molar-refractivity contribution < 1.29 is 9.72 Å². The Morgan fingerprint density at radius 3 is 2.67 bits per heavy atom. The molecule has 1 heterocycles. The number of carbonyl (C=O) groups excluding carboxylic acids is 1. The molecule has 1 amide bonds. The first-order valence-corrected chi connectivity index (χ1v) is 7.16. The van der Waals surface area contributed by atoms with Crippen LogP contribution in [0, 0.1) is 22.0 Å². The topological polar surface area (TPSA) is 89.5 Å². The number of anilines is 1. The van der Waals surface area contributed by atoms with Gasteiger partial charge in [-0.1, -0.05) is 13.8 Å². The summed E-state index contributed by atoms with van der Waals surface area (Å²) in [5.41, 5.74) is 6.23. The number of nitrogen functional groups attached to an aromatic ring is 1. The van der Waals surface area contributed by atoms with Crippen molar-refractivity contribution in [2.24, 2.45) is 11.8 Å². The van der Waals surface area contributed by atoms with Crippen LogP contribution in [0.15, 0.2) is 18.2 Å². The Hall–Kier alpha value is -2.11. The van der Waals surface area contributed by atoms with Crippen LogP contribution < -0.4 is 5.73 Å². The zero-order valence-electron chi connectivity index (χ0n) is 12.6. The molecule has 1 aliphatic rings. The fourth-order valence-electron chi connectivity index (χ4n) is 2.98. The molecule has 1 aliphatic heterocycles. The van der Waals surface area contributed by atoms with Gasteiger partial charge >= 0.3 is 0 Å². The Morgan fingerprint density at radius 1 is 1.38 bits per heavy atom. The summed E-state index contributed by atoms with van der Waals surface area (Å²) < 4.78 is 0. The standard InChI is InChI=1S/C15H21N3O3/c1-9-6-10(2)11(3)17(8-9)15(19)13-7-12(18(20)21)4-5-14(13)16/h4-5,7,9-11H,6,8,16H2,1-3H3. The lowest BCUT2D eigenvalue weighted by atomic mass is 9.85. The van der Waals surface area contributed by atoms with Crippen molar-refractivity contribution in [3.8, 4) is 0 Å². The number of nitro benzene ring substituents is 1. The van der Waals surface area contributed by atoms with Gasteiger partial charge in [-0.05, 0) is 31.2 Å². The fraction of sp³-hybridized carbons (Fsp3) is 0.533. The quantitative estimate of drug-likeness (QED) is 0.515. The lowest BCUT2D eigenvalue weighted by Gasteiger charge is -2.41. The van der Waals surface area contributed by atoms with Gasteiger partial charge in [-0.2, -0.15) is 0 Å². The Balaban J connectivity index is 2.34. The molecule has 1 aromatic rings. The van der Waals surface area contributed by atoms with E-state index in [2.05, 4.69) is 13.8 Å². The van der Waals surface area contributed by atoms with Crippen molar-refractivity contribution in [1.82, 2.24) is 4.90 Å². The number of nitrogens with zero attached hydrogens (tertiary/aromatic N) is 2. The molecule has 3 atom stereocenters. The van der Waals surface area contributed by atoms with Crippen molar-refractivity contribution in [3.05, 3.63) is 33.9 Å². The van der Waals surface area contributed by atoms with Crippen LogP contribution in [0.4, 0.5) is 11.4 Å². The van der Waals surface area contributed by atoms with Crippen molar-refractivity contribution in [3.63, 3.8) is 0 Å². The van der Waals surface area contributed by atoms with E-state index in [1.807, 2.05) is 6.92 Å². The highest BCUT2D eigenvalue weighted by Gasteiger charge is 2.33. The number of piperidine rings is 1. The zero-order valence-corrected chi connectivity index (χ0v) is 12.6. The molecule has 1 aromatic carbocycles. The van der Waals surface area contributed by atoms with Gasteiger partial charge in [-0.3, -0.25) is 14.9 Å². The van der Waals surface area contributed by atoms with Crippen molar-refractivity contribution in [1.29, 1.82) is 0 Å². The minimum atomic E-state index is -0.513. The molecule has 0 saturated carbocycles. The highest BCUT2D eigenvalue weighted by atomic mass is 16.6. The molecule has 2 N–H and O–H groups in total. The Labute approximate surface area is 124 Å². The Morgan fingerprint density at radius 2 is 2.05 bits per heavy atom. The van der Waals surface area contributed by atoms with Crippen molar-refractivity contribution in [2.75, 3.05) is 12.3 Å². The van der Waals surface area contributed by atoms with E-state index in [9.17, 15) is 14.9 Å². The molecule has 3 unspecified atom stereocenters. The highest BCUT2D eigenvalue weighted by Crippen LogP contribution is 2.30. The van der Waals surface area contributed by atoms with Gasteiger partial charge in [0.1, 0.15) is 0 Å². The third-order valence-electron chi connectivity index (χ3n) is 4.34. The third kappa shape index (κ3) is 2.99. The van der Waals surface area contributed by atoms with Crippen LogP contribution in [-0.4, -0.2) is 28.3 Å². The first-order chi connectivity index (χ1) is 9.81. The molecule has 6 heteroatoms. The summed E-state index contributed by atoms with van der Waals surface area (Å²) in [6, 6.07) is 4.12. The van der Waals surface area contributed by atoms with Gasteiger partial charge in [-0.15, -0.1) is 0 Å². The molecule has 6 nitrogen and oxygen atoms in total. The third-order valence-corrected chi connectivity index (χ3v) is 4.34. The molecule has 21 heavy (non-hydrogen) atoms. The first-order valence-electron chi connectivity index (χ1n) is 7.16. The molecule has 0 bridgehead atoms. The average molecular weight is 291 g/mol. The number of non-ortho nitro benzene ring substituents is 1. The van der Waals surface area contributed by atoms with Crippen LogP contribution in [0.1, 0.15) is 37.6 Å². The van der Waals surface area contributed by atoms with Gasteiger partial charge in [0.05, 0.1) is 10.5 Å². The second-order valence-electron chi connectivity index (χ2n) is 6.04. The number of carbonyl (C=O) groups is 1. The van der Waals surface area contributed by atoms with Crippen molar-refractivity contribution >= 4 is 17.3 Å². The number of amides is 1. The fourth-order valence-corrected chi connectivity index (χ4v) is 2.98. The summed E-state index contributed by atoms with van der Waals surface area (Å²) in [5, 5.41) is 10.9. The Kier molecular flexibility index (Phi) is 4.16. The maximum Gasteiger partial charge on any atom is 0.270 e. The minimum Gasteiger partial charge on any atom is -0.398 e. The van der Waals surface area contributed by atoms with E-state index in [-0.39, 0.29) is 28.9 Å². The zero-order chi connectivity index (χ0) is 15.7. The smallest absolute Gasteiger partial charge is 0.270 e. The van der Waals surface area contributed by atoms with E-state index in [1.165, 1.54) is 18.2 Å². The number of benzene rings is 1. The molecule has 114 valence electrons. The summed E-state index contributed by atoms with van der Waals surface area (Å²) in [7, 11) is 0. The normalized spacial score (nSPS) is 25.7. The van der Waals surface area contributed by atoms with Gasteiger partial charge in [0, 0.05) is 30.4 Å². The summed E-state index contributed by atoms with van der Waals surface area (Å²) in [6.07, 6.45) is 1.08. The van der Waals surface area contributed by atoms with Gasteiger partial charge in [0.2, 0.25) is 0 Å². The largest absolute Gasteiger partial charge is 0.398 e. The van der Waals surface area contributed by atoms with Crippen LogP contribution in [0.3, 0.4) is 0 Å². The monoisotopic (exact) mass is 291 g/mol. The minimum absolute atomic E-state index is 0.104. The summed E-state index contributed by atoms with van der Waals surface area (Å²) >= 11 is 0. The van der Waals surface area contributed by atoms with Crippen LogP contribution in [0.5, 0.6) is 0 Å². The van der Waals surface area contributed by atoms with E-state index >= 15 is 0 Å². The maximum absolute atomic E-state index is 12.7. The molecule has 1 saturated heterocycles. The van der Waals surface area contributed by atoms with Crippen LogP contribution in [-0.2, 0) is 0 Å². The number of nitro groups is 1. The lowest BCUT2D eigenvalue weighted by Crippen LogP contribution is -2.49. The molecule has 0 radical (unpaired) electrons. The van der Waals surface area contributed by atoms with E-state index < -0.39 is 4.92 Å². The lowest BCUT2D eigenvalue weighted by molar-refractivity contribution is -0.384. The molecule has 1 fully saturated rings. The van der Waals surface area contributed by atoms with E-state index in [0.717, 1.165) is 6.42 Å². The maximum atomic E-state index is 12.7. The number of hydrogen-bond donors (Lipinski definition) is 1. The SMILES string of the molecule is CC1CC(C)C(C)N(C(=O)c2cc([N+](=O)[O-])ccc2N)C1. The van der Waals surface area contributed by atoms with Crippen molar-refractivity contribution in [2.45, 2.75) is 33.2 Å². The second-order valence-corrected chi connectivity index (χ2v) is 6.04. The van der Waals surface area contributed by atoms with Gasteiger partial charge < -0.3 is 10.6 Å². The predicted octanol–water partition coefficient (Wildman–Crippen LogP) is 2.68. The van der Waals surface area contributed by atoms with Gasteiger partial charge in [0.15, 0.2) is 0 Å². The summed E-state index contributed by atoms with van der Waals surface area (Å²) in [5.74, 6) is 0.597. The predicted molar refractivity (Wildman–Crippen MR) is 81.0 cm³/mol. The highest BCUT2D eigenvalue weighted by molar-refractivity contribution is 6.00. The summed E-state index contributed by atoms with van der Waals surface area (Å²) in [4.78, 5) is 24.9. The van der Waals surface area contributed by atoms with Crippen LogP contribution >= 0.6 is 0 Å². The molecular weight excluding hydrogens is 270 g/mol. The van der Waals surface area contributed by atoms with Gasteiger partial charge in [0.25, 0.3) is 11.6 Å². The average Bonchev–Trinajstić information content (AvgIpc) is 2.42.